The first-order valence-corrected chi connectivity index (χ1v) is 8.68. The molecule has 1 heteroatoms. The third kappa shape index (κ3) is 3.35. The fraction of sp³-hybridized carbons (Fsp3) is 0.250. The SMILES string of the molecule is Cc1ccc(-c2ccccc2)c(C)c1C.[CH3][Sn]. The van der Waals surface area contributed by atoms with Gasteiger partial charge in [0.15, 0.2) is 0 Å². The molecule has 0 aliphatic rings. The second-order valence-corrected chi connectivity index (χ2v) is 4.05. The molecule has 0 saturated heterocycles. The zero-order valence-corrected chi connectivity index (χ0v) is 13.9. The molecule has 2 rings (SSSR count). The number of benzene rings is 2. The molecule has 0 amide bonds. The Morgan fingerprint density at radius 1 is 0.706 bits per heavy atom. The van der Waals surface area contributed by atoms with Crippen LogP contribution in [0.4, 0.5) is 0 Å². The quantitative estimate of drug-likeness (QED) is 0.676. The molecule has 0 aromatic heterocycles. The van der Waals surface area contributed by atoms with Crippen molar-refractivity contribution < 1.29 is 0 Å². The van der Waals surface area contributed by atoms with Gasteiger partial charge in [-0.05, 0) is 48.6 Å². The van der Waals surface area contributed by atoms with Crippen LogP contribution < -0.4 is 0 Å². The van der Waals surface area contributed by atoms with Gasteiger partial charge in [0, 0.05) is 0 Å². The van der Waals surface area contributed by atoms with Crippen LogP contribution in [0.1, 0.15) is 16.7 Å². The first-order chi connectivity index (χ1) is 8.20. The Kier molecular flexibility index (Phi) is 5.76. The van der Waals surface area contributed by atoms with Crippen LogP contribution >= 0.6 is 0 Å². The molecule has 0 unspecified atom stereocenters. The molecule has 0 aliphatic carbocycles. The Labute approximate surface area is 118 Å². The van der Waals surface area contributed by atoms with E-state index in [2.05, 4.69) is 68.2 Å². The topological polar surface area (TPSA) is 0 Å². The summed E-state index contributed by atoms with van der Waals surface area (Å²) in [6, 6.07) is 15.0. The molecule has 0 spiro atoms. The van der Waals surface area contributed by atoms with E-state index in [1.807, 2.05) is 0 Å². The molecule has 0 atom stereocenters. The fourth-order valence-corrected chi connectivity index (χ4v) is 1.89. The van der Waals surface area contributed by atoms with E-state index >= 15 is 0 Å². The minimum absolute atomic E-state index is 1.30. The number of hydrogen-bond donors (Lipinski definition) is 0. The maximum absolute atomic E-state index is 2.22. The molecule has 0 bridgehead atoms. The summed E-state index contributed by atoms with van der Waals surface area (Å²) in [6.07, 6.45) is 0. The summed E-state index contributed by atoms with van der Waals surface area (Å²) in [5.41, 5.74) is 6.81. The first kappa shape index (κ1) is 14.3. The van der Waals surface area contributed by atoms with Gasteiger partial charge in [0.05, 0.1) is 0 Å². The van der Waals surface area contributed by atoms with Gasteiger partial charge in [-0.1, -0.05) is 42.5 Å². The predicted octanol–water partition coefficient (Wildman–Crippen LogP) is 4.48. The molecule has 3 radical (unpaired) electrons. The van der Waals surface area contributed by atoms with Gasteiger partial charge in [-0.3, -0.25) is 0 Å². The maximum atomic E-state index is 2.22. The van der Waals surface area contributed by atoms with Crippen molar-refractivity contribution in [1.29, 1.82) is 0 Å². The molecule has 87 valence electrons. The molecule has 2 aromatic rings. The van der Waals surface area contributed by atoms with E-state index in [0.717, 1.165) is 0 Å². The van der Waals surface area contributed by atoms with Crippen LogP contribution in [0.25, 0.3) is 11.1 Å². The number of aryl methyl sites for hydroxylation is 1. The summed E-state index contributed by atoms with van der Waals surface area (Å²) < 4.78 is 0. The van der Waals surface area contributed by atoms with E-state index in [9.17, 15) is 0 Å². The Morgan fingerprint density at radius 3 is 1.88 bits per heavy atom. The monoisotopic (exact) mass is 331 g/mol. The Hall–Kier alpha value is -0.761. The van der Waals surface area contributed by atoms with E-state index in [1.54, 1.807) is 22.5 Å². The van der Waals surface area contributed by atoms with Crippen molar-refractivity contribution in [1.82, 2.24) is 0 Å². The van der Waals surface area contributed by atoms with Gasteiger partial charge in [0.2, 0.25) is 0 Å². The van der Waals surface area contributed by atoms with Gasteiger partial charge < -0.3 is 0 Å². The average Bonchev–Trinajstić information content (AvgIpc) is 2.40. The van der Waals surface area contributed by atoms with Crippen molar-refractivity contribution in [2.75, 3.05) is 0 Å². The standard InChI is InChI=1S/C15H16.CH3.Sn/c1-11-9-10-15(13(3)12(11)2)14-7-5-4-6-8-14;;/h4-10H,1-3H3;1H3;. The molecule has 0 heterocycles. The van der Waals surface area contributed by atoms with Crippen molar-refractivity contribution in [3.05, 3.63) is 59.2 Å². The summed E-state index contributed by atoms with van der Waals surface area (Å²) in [7, 11) is 0. The molecule has 0 saturated carbocycles. The van der Waals surface area contributed by atoms with Crippen LogP contribution in [0.2, 0.25) is 4.94 Å². The molecule has 2 aromatic carbocycles. The summed E-state index contributed by atoms with van der Waals surface area (Å²) in [4.78, 5) is 2.09. The van der Waals surface area contributed by atoms with Crippen molar-refractivity contribution >= 4 is 22.5 Å². The first-order valence-electron chi connectivity index (χ1n) is 5.82. The van der Waals surface area contributed by atoms with Crippen LogP contribution in [0, 0.1) is 20.8 Å². The molecule has 0 nitrogen and oxygen atoms in total. The number of hydrogen-bond acceptors (Lipinski definition) is 0. The zero-order chi connectivity index (χ0) is 12.8. The second kappa shape index (κ2) is 6.85. The summed E-state index contributed by atoms with van der Waals surface area (Å²) >= 11 is 1.55. The summed E-state index contributed by atoms with van der Waals surface area (Å²) in [5.74, 6) is 0. The van der Waals surface area contributed by atoms with Gasteiger partial charge in [0.1, 0.15) is 0 Å². The summed E-state index contributed by atoms with van der Waals surface area (Å²) in [6.45, 7) is 6.55. The van der Waals surface area contributed by atoms with Gasteiger partial charge in [0.25, 0.3) is 0 Å². The molecule has 0 N–H and O–H groups in total. The fourth-order valence-electron chi connectivity index (χ4n) is 1.89. The Bertz CT molecular complexity index is 472. The van der Waals surface area contributed by atoms with Gasteiger partial charge in [-0.2, -0.15) is 0 Å². The van der Waals surface area contributed by atoms with Crippen LogP contribution in [-0.2, 0) is 0 Å². The van der Waals surface area contributed by atoms with E-state index in [0.29, 0.717) is 0 Å². The summed E-state index contributed by atoms with van der Waals surface area (Å²) in [5, 5.41) is 0. The third-order valence-electron chi connectivity index (χ3n) is 3.14. The van der Waals surface area contributed by atoms with Crippen LogP contribution in [0.15, 0.2) is 42.5 Å². The van der Waals surface area contributed by atoms with Gasteiger partial charge in [-0.15, -0.1) is 0 Å². The second-order valence-electron chi connectivity index (χ2n) is 4.05. The molecule has 0 fully saturated rings. The van der Waals surface area contributed by atoms with E-state index in [4.69, 9.17) is 0 Å². The normalized spacial score (nSPS) is 9.47. The van der Waals surface area contributed by atoms with Gasteiger partial charge in [-0.25, -0.2) is 0 Å². The molecule has 0 aliphatic heterocycles. The van der Waals surface area contributed by atoms with Crippen LogP contribution in [0.5, 0.6) is 0 Å². The Balaban J connectivity index is 0.000000686. The average molecular weight is 330 g/mol. The zero-order valence-electron chi connectivity index (χ0n) is 11.0. The van der Waals surface area contributed by atoms with Crippen molar-refractivity contribution in [2.45, 2.75) is 25.7 Å². The van der Waals surface area contributed by atoms with E-state index in [-0.39, 0.29) is 0 Å². The van der Waals surface area contributed by atoms with Gasteiger partial charge >= 0.3 is 27.5 Å². The van der Waals surface area contributed by atoms with Crippen LogP contribution in [0.3, 0.4) is 0 Å². The van der Waals surface area contributed by atoms with Crippen molar-refractivity contribution in [3.63, 3.8) is 0 Å². The van der Waals surface area contributed by atoms with Crippen molar-refractivity contribution in [2.24, 2.45) is 0 Å². The molecule has 17 heavy (non-hydrogen) atoms. The molecular formula is C16H19Sn. The van der Waals surface area contributed by atoms with E-state index < -0.39 is 0 Å². The van der Waals surface area contributed by atoms with Crippen molar-refractivity contribution in [3.8, 4) is 11.1 Å². The Morgan fingerprint density at radius 2 is 1.29 bits per heavy atom. The minimum atomic E-state index is 1.30. The third-order valence-corrected chi connectivity index (χ3v) is 3.14. The predicted molar refractivity (Wildman–Crippen MR) is 77.7 cm³/mol. The molecular weight excluding hydrogens is 311 g/mol. The van der Waals surface area contributed by atoms with E-state index in [1.165, 1.54) is 27.8 Å². The van der Waals surface area contributed by atoms with Crippen LogP contribution in [-0.4, -0.2) is 22.5 Å². The number of rotatable bonds is 1.